The predicted octanol–water partition coefficient (Wildman–Crippen LogP) is 9.78. The van der Waals surface area contributed by atoms with E-state index in [0.29, 0.717) is 23.9 Å². The van der Waals surface area contributed by atoms with E-state index >= 15 is 0 Å². The maximum Gasteiger partial charge on any atom is 0.268 e. The van der Waals surface area contributed by atoms with Crippen molar-refractivity contribution in [1.82, 2.24) is 5.32 Å². The quantitative estimate of drug-likeness (QED) is 0.0291. The summed E-state index contributed by atoms with van der Waals surface area (Å²) in [5.41, 5.74) is 0. The third kappa shape index (κ3) is 33.7. The van der Waals surface area contributed by atoms with Gasteiger partial charge in [0.05, 0.1) is 39.9 Å². The number of aliphatic hydroxyl groups is 1. The number of unbranched alkanes of at least 4 members (excludes halogenated alkanes) is 21. The van der Waals surface area contributed by atoms with Crippen molar-refractivity contribution in [2.75, 3.05) is 40.9 Å². The number of hydrogen-bond acceptors (Lipinski definition) is 6. The summed E-state index contributed by atoms with van der Waals surface area (Å²) in [7, 11) is 1.29. The number of carbonyl (C=O) groups excluding carboxylic acids is 1. The van der Waals surface area contributed by atoms with Crippen LogP contribution in [0.3, 0.4) is 0 Å². The number of allylic oxidation sites excluding steroid dienone is 2. The number of carbonyl (C=O) groups is 1. The molecule has 9 heteroatoms. The van der Waals surface area contributed by atoms with E-state index in [4.69, 9.17) is 9.05 Å². The number of phosphoric ester groups is 1. The lowest BCUT2D eigenvalue weighted by Crippen LogP contribution is -2.46. The summed E-state index contributed by atoms with van der Waals surface area (Å²) in [5.74, 6) is -0.176. The Bertz CT molecular complexity index is 804. The monoisotopic (exact) mass is 703 g/mol. The molecule has 0 saturated heterocycles. The summed E-state index contributed by atoms with van der Waals surface area (Å²) in [6.07, 6.45) is 33.5. The molecule has 0 aromatic rings. The molecule has 286 valence electrons. The van der Waals surface area contributed by atoms with Crippen LogP contribution in [-0.4, -0.2) is 68.5 Å². The number of aliphatic hydroxyl groups excluding tert-OH is 1. The number of quaternary nitrogens is 1. The fourth-order valence-corrected chi connectivity index (χ4v) is 6.46. The zero-order chi connectivity index (χ0) is 35.8. The smallest absolute Gasteiger partial charge is 0.268 e. The Hall–Kier alpha value is -0.760. The van der Waals surface area contributed by atoms with Gasteiger partial charge in [-0.25, -0.2) is 0 Å². The molecular weight excluding hydrogens is 623 g/mol. The summed E-state index contributed by atoms with van der Waals surface area (Å²) in [5, 5.41) is 13.8. The van der Waals surface area contributed by atoms with Gasteiger partial charge in [-0.05, 0) is 38.5 Å². The minimum absolute atomic E-state index is 0.00928. The second-order valence-electron chi connectivity index (χ2n) is 15.0. The second kappa shape index (κ2) is 32.2. The summed E-state index contributed by atoms with van der Waals surface area (Å²) >= 11 is 0. The average molecular weight is 703 g/mol. The van der Waals surface area contributed by atoms with Crippen molar-refractivity contribution in [3.8, 4) is 0 Å². The molecule has 0 aliphatic carbocycles. The largest absolute Gasteiger partial charge is 0.756 e. The van der Waals surface area contributed by atoms with Crippen LogP contribution in [0.5, 0.6) is 0 Å². The maximum absolute atomic E-state index is 12.8. The average Bonchev–Trinajstić information content (AvgIpc) is 3.02. The second-order valence-corrected chi connectivity index (χ2v) is 16.4. The van der Waals surface area contributed by atoms with Crippen LogP contribution in [0.4, 0.5) is 0 Å². The number of phosphoric acid groups is 1. The first-order valence-corrected chi connectivity index (χ1v) is 21.5. The van der Waals surface area contributed by atoms with Gasteiger partial charge in [0.15, 0.2) is 0 Å². The first-order chi connectivity index (χ1) is 23.0. The van der Waals surface area contributed by atoms with E-state index in [0.717, 1.165) is 44.9 Å². The van der Waals surface area contributed by atoms with Crippen LogP contribution in [0.1, 0.15) is 181 Å². The Morgan fingerprint density at radius 3 is 1.62 bits per heavy atom. The fourth-order valence-electron chi connectivity index (χ4n) is 5.74. The van der Waals surface area contributed by atoms with Crippen LogP contribution in [0.25, 0.3) is 0 Å². The third-order valence-corrected chi connectivity index (χ3v) is 9.97. The fraction of sp³-hybridized carbons (Fsp3) is 0.923. The molecule has 0 radical (unpaired) electrons. The van der Waals surface area contributed by atoms with Gasteiger partial charge in [0, 0.05) is 6.42 Å². The molecule has 8 nitrogen and oxygen atoms in total. The third-order valence-electron chi connectivity index (χ3n) is 9.00. The van der Waals surface area contributed by atoms with E-state index in [1.807, 2.05) is 21.1 Å². The topological polar surface area (TPSA) is 108 Å². The normalized spacial score (nSPS) is 14.7. The Morgan fingerprint density at radius 1 is 0.708 bits per heavy atom. The van der Waals surface area contributed by atoms with Crippen LogP contribution in [-0.2, 0) is 18.4 Å². The molecule has 0 aromatic carbocycles. The summed E-state index contributed by atoms with van der Waals surface area (Å²) in [6.45, 7) is 4.68. The Balaban J connectivity index is 4.47. The molecule has 3 atom stereocenters. The number of rotatable bonds is 36. The molecule has 0 rings (SSSR count). The molecule has 0 bridgehead atoms. The lowest BCUT2D eigenvalue weighted by Gasteiger charge is -2.30. The van der Waals surface area contributed by atoms with Crippen molar-refractivity contribution in [3.63, 3.8) is 0 Å². The molecule has 0 saturated carbocycles. The van der Waals surface area contributed by atoms with Gasteiger partial charge < -0.3 is 28.8 Å². The van der Waals surface area contributed by atoms with Gasteiger partial charge in [0.25, 0.3) is 7.82 Å². The summed E-state index contributed by atoms with van der Waals surface area (Å²) in [6, 6.07) is -0.809. The predicted molar refractivity (Wildman–Crippen MR) is 201 cm³/mol. The Morgan fingerprint density at radius 2 is 1.15 bits per heavy atom. The SMILES string of the molecule is CCCCCCCCCCC/C=C/CCCC[C@@H](O)[C@H](COP(=O)([O-])OCC[N+](C)(C)C)NC(=O)CCCCCCCCCCCCC. The number of amides is 1. The van der Waals surface area contributed by atoms with Gasteiger partial charge in [0.1, 0.15) is 13.2 Å². The van der Waals surface area contributed by atoms with Gasteiger partial charge in [-0.3, -0.25) is 9.36 Å². The van der Waals surface area contributed by atoms with Gasteiger partial charge in [0.2, 0.25) is 5.91 Å². The van der Waals surface area contributed by atoms with E-state index in [1.54, 1.807) is 0 Å². The molecule has 0 aliphatic heterocycles. The van der Waals surface area contributed by atoms with Gasteiger partial charge in [-0.1, -0.05) is 148 Å². The van der Waals surface area contributed by atoms with Crippen LogP contribution in [0, 0.1) is 0 Å². The lowest BCUT2D eigenvalue weighted by atomic mass is 10.0. The number of hydrogen-bond donors (Lipinski definition) is 2. The highest BCUT2D eigenvalue weighted by atomic mass is 31.2. The van der Waals surface area contributed by atoms with Crippen molar-refractivity contribution in [2.45, 2.75) is 193 Å². The Labute approximate surface area is 297 Å². The van der Waals surface area contributed by atoms with Crippen molar-refractivity contribution < 1.29 is 32.9 Å². The van der Waals surface area contributed by atoms with Gasteiger partial charge >= 0.3 is 0 Å². The number of likely N-dealkylation sites (N-methyl/N-ethyl adjacent to an activating group) is 1. The summed E-state index contributed by atoms with van der Waals surface area (Å²) < 4.78 is 23.1. The van der Waals surface area contributed by atoms with Crippen molar-refractivity contribution in [1.29, 1.82) is 0 Å². The van der Waals surface area contributed by atoms with Crippen LogP contribution in [0.2, 0.25) is 0 Å². The molecule has 0 heterocycles. The first-order valence-electron chi connectivity index (χ1n) is 20.0. The van der Waals surface area contributed by atoms with Crippen molar-refractivity contribution in [2.24, 2.45) is 0 Å². The standard InChI is InChI=1S/C39H79N2O6P/c1-6-8-10-12-14-16-18-19-20-21-23-24-26-28-30-32-38(42)37(36-47-48(44,45)46-35-34-41(3,4)5)40-39(43)33-31-29-27-25-22-17-15-13-11-9-7-2/h23-24,37-38,42H,6-22,25-36H2,1-5H3,(H-,40,43,44,45)/b24-23+/t37-,38+/m0/s1. The van der Waals surface area contributed by atoms with Crippen LogP contribution >= 0.6 is 7.82 Å². The van der Waals surface area contributed by atoms with Gasteiger partial charge in [-0.15, -0.1) is 0 Å². The highest BCUT2D eigenvalue weighted by Gasteiger charge is 2.24. The van der Waals surface area contributed by atoms with Crippen molar-refractivity contribution >= 4 is 13.7 Å². The van der Waals surface area contributed by atoms with Gasteiger partial charge in [-0.2, -0.15) is 0 Å². The Kier molecular flexibility index (Phi) is 31.7. The minimum Gasteiger partial charge on any atom is -0.756 e. The molecule has 0 aliphatic rings. The minimum atomic E-state index is -4.56. The van der Waals surface area contributed by atoms with E-state index in [9.17, 15) is 19.4 Å². The van der Waals surface area contributed by atoms with E-state index in [1.165, 1.54) is 109 Å². The molecule has 0 aromatic heterocycles. The van der Waals surface area contributed by atoms with E-state index < -0.39 is 20.0 Å². The molecule has 0 fully saturated rings. The molecule has 2 N–H and O–H groups in total. The number of nitrogens with one attached hydrogen (secondary N) is 1. The lowest BCUT2D eigenvalue weighted by molar-refractivity contribution is -0.870. The zero-order valence-corrected chi connectivity index (χ0v) is 33.1. The molecular formula is C39H79N2O6P. The summed E-state index contributed by atoms with van der Waals surface area (Å²) in [4.78, 5) is 25.2. The molecule has 0 spiro atoms. The molecule has 48 heavy (non-hydrogen) atoms. The highest BCUT2D eigenvalue weighted by molar-refractivity contribution is 7.45. The molecule has 1 unspecified atom stereocenters. The highest BCUT2D eigenvalue weighted by Crippen LogP contribution is 2.38. The van der Waals surface area contributed by atoms with Crippen LogP contribution in [0.15, 0.2) is 12.2 Å². The van der Waals surface area contributed by atoms with Crippen molar-refractivity contribution in [3.05, 3.63) is 12.2 Å². The number of nitrogens with zero attached hydrogens (tertiary/aromatic N) is 1. The zero-order valence-electron chi connectivity index (χ0n) is 32.2. The van der Waals surface area contributed by atoms with Crippen LogP contribution < -0.4 is 10.2 Å². The van der Waals surface area contributed by atoms with E-state index in [-0.39, 0.29) is 19.1 Å². The van der Waals surface area contributed by atoms with E-state index in [2.05, 4.69) is 31.3 Å². The maximum atomic E-state index is 12.8. The first kappa shape index (κ1) is 47.2. The molecule has 1 amide bonds.